The fourth-order valence-electron chi connectivity index (χ4n) is 1.74. The molecule has 0 aliphatic carbocycles. The SMILES string of the molecule is CCN(CC)CCCNS(=O)(=O)c1csc(CN)c1. The highest BCUT2D eigenvalue weighted by atomic mass is 32.2. The van der Waals surface area contributed by atoms with Gasteiger partial charge in [-0.05, 0) is 32.1 Å². The molecule has 19 heavy (non-hydrogen) atoms. The van der Waals surface area contributed by atoms with Crippen LogP contribution in [0.1, 0.15) is 25.1 Å². The minimum atomic E-state index is -3.37. The van der Waals surface area contributed by atoms with E-state index in [1.807, 2.05) is 0 Å². The lowest BCUT2D eigenvalue weighted by Crippen LogP contribution is -2.29. The molecule has 0 aliphatic rings. The Kier molecular flexibility index (Phi) is 6.95. The molecule has 1 aromatic heterocycles. The van der Waals surface area contributed by atoms with Crippen LogP contribution in [0.25, 0.3) is 0 Å². The van der Waals surface area contributed by atoms with Gasteiger partial charge in [0.15, 0.2) is 0 Å². The van der Waals surface area contributed by atoms with Crippen molar-refractivity contribution in [2.45, 2.75) is 31.7 Å². The average molecular weight is 305 g/mol. The van der Waals surface area contributed by atoms with E-state index in [9.17, 15) is 8.42 Å². The Hall–Kier alpha value is -0.470. The molecule has 1 rings (SSSR count). The van der Waals surface area contributed by atoms with Crippen LogP contribution in [0.2, 0.25) is 0 Å². The molecule has 0 spiro atoms. The maximum Gasteiger partial charge on any atom is 0.241 e. The number of nitrogens with one attached hydrogen (secondary N) is 1. The van der Waals surface area contributed by atoms with Gasteiger partial charge in [0.2, 0.25) is 10.0 Å². The first-order valence-electron chi connectivity index (χ1n) is 6.53. The highest BCUT2D eigenvalue weighted by Gasteiger charge is 2.15. The number of hydrogen-bond acceptors (Lipinski definition) is 5. The van der Waals surface area contributed by atoms with Gasteiger partial charge in [-0.25, -0.2) is 13.1 Å². The maximum absolute atomic E-state index is 12.0. The number of nitrogens with zero attached hydrogens (tertiary/aromatic N) is 1. The zero-order valence-corrected chi connectivity index (χ0v) is 13.2. The van der Waals surface area contributed by atoms with Gasteiger partial charge in [-0.3, -0.25) is 0 Å². The van der Waals surface area contributed by atoms with Gasteiger partial charge >= 0.3 is 0 Å². The van der Waals surface area contributed by atoms with Crippen molar-refractivity contribution in [3.63, 3.8) is 0 Å². The van der Waals surface area contributed by atoms with Crippen molar-refractivity contribution in [3.05, 3.63) is 16.3 Å². The van der Waals surface area contributed by atoms with Gasteiger partial charge in [-0.15, -0.1) is 11.3 Å². The summed E-state index contributed by atoms with van der Waals surface area (Å²) in [7, 11) is -3.37. The van der Waals surface area contributed by atoms with Gasteiger partial charge in [0, 0.05) is 23.3 Å². The Bertz CT molecular complexity index is 467. The molecule has 0 unspecified atom stereocenters. The lowest BCUT2D eigenvalue weighted by Gasteiger charge is -2.17. The Labute approximate surface area is 119 Å². The van der Waals surface area contributed by atoms with Gasteiger partial charge in [0.1, 0.15) is 0 Å². The van der Waals surface area contributed by atoms with Gasteiger partial charge < -0.3 is 10.6 Å². The van der Waals surface area contributed by atoms with Crippen molar-refractivity contribution in [1.29, 1.82) is 0 Å². The molecule has 0 radical (unpaired) electrons. The maximum atomic E-state index is 12.0. The summed E-state index contributed by atoms with van der Waals surface area (Å²) >= 11 is 1.38. The van der Waals surface area contributed by atoms with Crippen molar-refractivity contribution < 1.29 is 8.42 Å². The number of thiophene rings is 1. The second-order valence-electron chi connectivity index (χ2n) is 4.23. The lowest BCUT2D eigenvalue weighted by molar-refractivity contribution is 0.300. The van der Waals surface area contributed by atoms with E-state index < -0.39 is 10.0 Å². The monoisotopic (exact) mass is 305 g/mol. The molecule has 0 atom stereocenters. The van der Waals surface area contributed by atoms with Crippen molar-refractivity contribution in [2.75, 3.05) is 26.2 Å². The minimum absolute atomic E-state index is 0.320. The molecule has 5 nitrogen and oxygen atoms in total. The smallest absolute Gasteiger partial charge is 0.241 e. The predicted molar refractivity (Wildman–Crippen MR) is 79.8 cm³/mol. The minimum Gasteiger partial charge on any atom is -0.326 e. The van der Waals surface area contributed by atoms with Crippen LogP contribution in [0, 0.1) is 0 Å². The topological polar surface area (TPSA) is 75.4 Å². The Morgan fingerprint density at radius 3 is 2.58 bits per heavy atom. The first-order valence-corrected chi connectivity index (χ1v) is 8.89. The second kappa shape index (κ2) is 7.96. The highest BCUT2D eigenvalue weighted by Crippen LogP contribution is 2.18. The third-order valence-electron chi connectivity index (χ3n) is 2.98. The van der Waals surface area contributed by atoms with Crippen molar-refractivity contribution in [3.8, 4) is 0 Å². The molecule has 7 heteroatoms. The largest absolute Gasteiger partial charge is 0.326 e. The standard InChI is InChI=1S/C12H23N3O2S2/c1-3-15(4-2)7-5-6-14-19(16,17)12-8-11(9-13)18-10-12/h8,10,14H,3-7,9,13H2,1-2H3. The van der Waals surface area contributed by atoms with Crippen LogP contribution < -0.4 is 10.5 Å². The molecular weight excluding hydrogens is 282 g/mol. The Morgan fingerprint density at radius 1 is 1.37 bits per heavy atom. The zero-order chi connectivity index (χ0) is 14.3. The van der Waals surface area contributed by atoms with E-state index in [0.29, 0.717) is 18.0 Å². The molecule has 110 valence electrons. The highest BCUT2D eigenvalue weighted by molar-refractivity contribution is 7.89. The third-order valence-corrected chi connectivity index (χ3v) is 5.53. The van der Waals surface area contributed by atoms with Crippen LogP contribution in [0.15, 0.2) is 16.3 Å². The van der Waals surface area contributed by atoms with E-state index >= 15 is 0 Å². The Morgan fingerprint density at radius 2 is 2.05 bits per heavy atom. The number of hydrogen-bond donors (Lipinski definition) is 2. The van der Waals surface area contributed by atoms with Gasteiger partial charge in [-0.2, -0.15) is 0 Å². The van der Waals surface area contributed by atoms with Crippen LogP contribution >= 0.6 is 11.3 Å². The molecule has 0 fully saturated rings. The molecule has 0 saturated carbocycles. The van der Waals surface area contributed by atoms with E-state index in [-0.39, 0.29) is 0 Å². The van der Waals surface area contributed by atoms with Crippen molar-refractivity contribution >= 4 is 21.4 Å². The van der Waals surface area contributed by atoms with E-state index in [0.717, 1.165) is 30.9 Å². The fraction of sp³-hybridized carbons (Fsp3) is 0.667. The normalized spacial score (nSPS) is 12.2. The van der Waals surface area contributed by atoms with Crippen LogP contribution in [-0.2, 0) is 16.6 Å². The molecule has 0 bridgehead atoms. The van der Waals surface area contributed by atoms with Gasteiger partial charge in [0.05, 0.1) is 4.90 Å². The van der Waals surface area contributed by atoms with Crippen molar-refractivity contribution in [1.82, 2.24) is 9.62 Å². The predicted octanol–water partition coefficient (Wildman–Crippen LogP) is 1.22. The average Bonchev–Trinajstić information content (AvgIpc) is 2.88. The molecule has 1 aromatic rings. The Balaban J connectivity index is 2.43. The zero-order valence-electron chi connectivity index (χ0n) is 11.6. The van der Waals surface area contributed by atoms with E-state index in [2.05, 4.69) is 23.5 Å². The molecular formula is C12H23N3O2S2. The fourth-order valence-corrected chi connectivity index (χ4v) is 3.97. The molecule has 0 saturated heterocycles. The first kappa shape index (κ1) is 16.6. The third kappa shape index (κ3) is 5.19. The van der Waals surface area contributed by atoms with E-state index in [4.69, 9.17) is 5.73 Å². The van der Waals surface area contributed by atoms with E-state index in [1.165, 1.54) is 11.3 Å². The number of nitrogens with two attached hydrogens (primary N) is 1. The summed E-state index contributed by atoms with van der Waals surface area (Å²) in [4.78, 5) is 3.47. The number of sulfonamides is 1. The van der Waals surface area contributed by atoms with Crippen LogP contribution in [0.3, 0.4) is 0 Å². The van der Waals surface area contributed by atoms with Gasteiger partial charge in [0.25, 0.3) is 0 Å². The van der Waals surface area contributed by atoms with Gasteiger partial charge in [-0.1, -0.05) is 13.8 Å². The second-order valence-corrected chi connectivity index (χ2v) is 6.99. The molecule has 0 aliphatic heterocycles. The van der Waals surface area contributed by atoms with Crippen molar-refractivity contribution in [2.24, 2.45) is 5.73 Å². The summed E-state index contributed by atoms with van der Waals surface area (Å²) in [6.07, 6.45) is 0.814. The first-order chi connectivity index (χ1) is 9.03. The quantitative estimate of drug-likeness (QED) is 0.673. The summed E-state index contributed by atoms with van der Waals surface area (Å²) in [6.45, 7) is 7.95. The molecule has 1 heterocycles. The summed E-state index contributed by atoms with van der Waals surface area (Å²) in [6, 6.07) is 1.64. The van der Waals surface area contributed by atoms with E-state index in [1.54, 1.807) is 11.4 Å². The van der Waals surface area contributed by atoms with Crippen LogP contribution in [0.4, 0.5) is 0 Å². The summed E-state index contributed by atoms with van der Waals surface area (Å²) in [5, 5.41) is 1.63. The summed E-state index contributed by atoms with van der Waals surface area (Å²) < 4.78 is 26.6. The lowest BCUT2D eigenvalue weighted by atomic mass is 10.4. The molecule has 0 aromatic carbocycles. The molecule has 3 N–H and O–H groups in total. The summed E-state index contributed by atoms with van der Waals surface area (Å²) in [5.41, 5.74) is 5.48. The number of rotatable bonds is 9. The van der Waals surface area contributed by atoms with Crippen LogP contribution in [-0.4, -0.2) is 39.5 Å². The molecule has 0 amide bonds. The summed E-state index contributed by atoms with van der Waals surface area (Å²) in [5.74, 6) is 0. The van der Waals surface area contributed by atoms with Crippen LogP contribution in [0.5, 0.6) is 0 Å².